The molecule has 0 amide bonds. The summed E-state index contributed by atoms with van der Waals surface area (Å²) in [5, 5.41) is 9.74. The highest BCUT2D eigenvalue weighted by atomic mass is 35.5. The van der Waals surface area contributed by atoms with Crippen molar-refractivity contribution in [3.05, 3.63) is 75.1 Å². The molecule has 0 aliphatic carbocycles. The van der Waals surface area contributed by atoms with E-state index >= 15 is 0 Å². The first-order valence-corrected chi connectivity index (χ1v) is 6.34. The Kier molecular flexibility index (Phi) is 4.47. The number of rotatable bonds is 4. The van der Waals surface area contributed by atoms with Crippen LogP contribution >= 0.6 is 11.6 Å². The summed E-state index contributed by atoms with van der Waals surface area (Å²) in [6.45, 7) is 0. The van der Waals surface area contributed by atoms with E-state index in [1.165, 1.54) is 24.3 Å². The van der Waals surface area contributed by atoms with Gasteiger partial charge in [0.05, 0.1) is 10.3 Å². The molecule has 0 bridgehead atoms. The van der Waals surface area contributed by atoms with Crippen LogP contribution in [0.5, 0.6) is 0 Å². The van der Waals surface area contributed by atoms with Crippen molar-refractivity contribution in [1.29, 1.82) is 0 Å². The Morgan fingerprint density at radius 1 is 1.10 bits per heavy atom. The monoisotopic (exact) mass is 315 g/mol. The molecule has 1 atom stereocenters. The Hall–Kier alpha value is -2.08. The fourth-order valence-electron chi connectivity index (χ4n) is 1.83. The number of nitrogens with zero attached hydrogens (tertiary/aromatic N) is 1. The third-order valence-electron chi connectivity index (χ3n) is 2.93. The fourth-order valence-corrected chi connectivity index (χ4v) is 2.14. The van der Waals surface area contributed by atoms with Gasteiger partial charge in [0, 0.05) is 12.1 Å². The first kappa shape index (κ1) is 15.3. The topological polar surface area (TPSA) is 43.1 Å². The molecule has 0 N–H and O–H groups in total. The first-order valence-electron chi connectivity index (χ1n) is 5.90. The molecule has 7 heteroatoms. The summed E-state index contributed by atoms with van der Waals surface area (Å²) < 4.78 is 39.1. The average Bonchev–Trinajstić information content (AvgIpc) is 2.44. The Bertz CT molecular complexity index is 653. The standard InChI is InChI=1S/C14H9ClF3NO2/c15-11(9-6-12(16)14(18)13(17)7-9)5-8-1-3-10(4-2-8)19(20)21/h1-4,6-7,11H,5H2. The van der Waals surface area contributed by atoms with Crippen LogP contribution in [0.25, 0.3) is 0 Å². The smallest absolute Gasteiger partial charge is 0.258 e. The lowest BCUT2D eigenvalue weighted by atomic mass is 10.0. The minimum Gasteiger partial charge on any atom is -0.258 e. The predicted molar refractivity (Wildman–Crippen MR) is 71.7 cm³/mol. The van der Waals surface area contributed by atoms with Gasteiger partial charge in [0.15, 0.2) is 17.5 Å². The number of alkyl halides is 1. The van der Waals surface area contributed by atoms with E-state index in [4.69, 9.17) is 11.6 Å². The largest absolute Gasteiger partial charge is 0.269 e. The number of hydrogen-bond acceptors (Lipinski definition) is 2. The van der Waals surface area contributed by atoms with Crippen LogP contribution in [0, 0.1) is 27.6 Å². The quantitative estimate of drug-likeness (QED) is 0.360. The van der Waals surface area contributed by atoms with Crippen molar-refractivity contribution < 1.29 is 18.1 Å². The molecule has 110 valence electrons. The van der Waals surface area contributed by atoms with Crippen molar-refractivity contribution in [2.45, 2.75) is 11.8 Å². The molecule has 3 nitrogen and oxygen atoms in total. The lowest BCUT2D eigenvalue weighted by Crippen LogP contribution is -2.00. The van der Waals surface area contributed by atoms with Crippen molar-refractivity contribution in [1.82, 2.24) is 0 Å². The molecule has 2 aromatic rings. The minimum atomic E-state index is -1.54. The predicted octanol–water partition coefficient (Wildman–Crippen LogP) is 4.53. The van der Waals surface area contributed by atoms with Crippen molar-refractivity contribution in [3.63, 3.8) is 0 Å². The lowest BCUT2D eigenvalue weighted by Gasteiger charge is -2.11. The maximum absolute atomic E-state index is 13.1. The molecule has 2 aromatic carbocycles. The zero-order valence-electron chi connectivity index (χ0n) is 10.5. The van der Waals surface area contributed by atoms with Gasteiger partial charge in [-0.25, -0.2) is 13.2 Å². The Labute approximate surface area is 123 Å². The fraction of sp³-hybridized carbons (Fsp3) is 0.143. The summed E-state index contributed by atoms with van der Waals surface area (Å²) in [5.41, 5.74) is 0.695. The number of benzene rings is 2. The number of nitro groups is 1. The molecule has 21 heavy (non-hydrogen) atoms. The number of nitro benzene ring substituents is 1. The highest BCUT2D eigenvalue weighted by Gasteiger charge is 2.16. The Morgan fingerprint density at radius 3 is 2.10 bits per heavy atom. The van der Waals surface area contributed by atoms with Crippen LogP contribution in [0.3, 0.4) is 0 Å². The summed E-state index contributed by atoms with van der Waals surface area (Å²) in [6, 6.07) is 7.30. The maximum atomic E-state index is 13.1. The SMILES string of the molecule is O=[N+]([O-])c1ccc(CC(Cl)c2cc(F)c(F)c(F)c2)cc1. The van der Waals surface area contributed by atoms with Gasteiger partial charge in [0.1, 0.15) is 0 Å². The third kappa shape index (κ3) is 3.52. The summed E-state index contributed by atoms with van der Waals surface area (Å²) >= 11 is 6.05. The molecule has 0 fully saturated rings. The van der Waals surface area contributed by atoms with Gasteiger partial charge in [-0.15, -0.1) is 11.6 Å². The van der Waals surface area contributed by atoms with Gasteiger partial charge in [-0.3, -0.25) is 10.1 Å². The van der Waals surface area contributed by atoms with E-state index in [1.807, 2.05) is 0 Å². The van der Waals surface area contributed by atoms with Gasteiger partial charge in [0.25, 0.3) is 5.69 Å². The molecule has 0 aliphatic rings. The van der Waals surface area contributed by atoms with E-state index in [0.29, 0.717) is 5.56 Å². The number of halogens is 4. The van der Waals surface area contributed by atoms with Crippen LogP contribution in [-0.4, -0.2) is 4.92 Å². The van der Waals surface area contributed by atoms with Crippen LogP contribution in [0.15, 0.2) is 36.4 Å². The number of hydrogen-bond donors (Lipinski definition) is 0. The molecule has 0 radical (unpaired) electrons. The zero-order chi connectivity index (χ0) is 15.6. The molecular weight excluding hydrogens is 307 g/mol. The summed E-state index contributed by atoms with van der Waals surface area (Å²) in [5.74, 6) is -4.16. The maximum Gasteiger partial charge on any atom is 0.269 e. The zero-order valence-corrected chi connectivity index (χ0v) is 11.3. The van der Waals surface area contributed by atoms with Gasteiger partial charge >= 0.3 is 0 Å². The van der Waals surface area contributed by atoms with E-state index in [2.05, 4.69) is 0 Å². The molecule has 0 heterocycles. The van der Waals surface area contributed by atoms with Gasteiger partial charge in [0.2, 0.25) is 0 Å². The average molecular weight is 316 g/mol. The highest BCUT2D eigenvalue weighted by molar-refractivity contribution is 6.20. The molecule has 0 aliphatic heterocycles. The van der Waals surface area contributed by atoms with Crippen LogP contribution in [0.4, 0.5) is 18.9 Å². The first-order chi connectivity index (χ1) is 9.88. The van der Waals surface area contributed by atoms with E-state index in [9.17, 15) is 23.3 Å². The lowest BCUT2D eigenvalue weighted by molar-refractivity contribution is -0.384. The van der Waals surface area contributed by atoms with E-state index in [1.54, 1.807) is 0 Å². The van der Waals surface area contributed by atoms with Crippen molar-refractivity contribution >= 4 is 17.3 Å². The second kappa shape index (κ2) is 6.13. The summed E-state index contributed by atoms with van der Waals surface area (Å²) in [6.07, 6.45) is 0.198. The normalized spacial score (nSPS) is 12.2. The summed E-state index contributed by atoms with van der Waals surface area (Å²) in [4.78, 5) is 9.99. The van der Waals surface area contributed by atoms with E-state index < -0.39 is 27.8 Å². The van der Waals surface area contributed by atoms with Crippen LogP contribution < -0.4 is 0 Å². The Balaban J connectivity index is 2.17. The molecule has 0 aromatic heterocycles. The van der Waals surface area contributed by atoms with Gasteiger partial charge in [-0.1, -0.05) is 12.1 Å². The van der Waals surface area contributed by atoms with Crippen LogP contribution in [0.1, 0.15) is 16.5 Å². The summed E-state index contributed by atoms with van der Waals surface area (Å²) in [7, 11) is 0. The molecule has 0 spiro atoms. The van der Waals surface area contributed by atoms with Crippen LogP contribution in [-0.2, 0) is 6.42 Å². The molecule has 0 saturated carbocycles. The van der Waals surface area contributed by atoms with Crippen LogP contribution in [0.2, 0.25) is 0 Å². The second-order valence-corrected chi connectivity index (χ2v) is 4.92. The molecule has 2 rings (SSSR count). The molecule has 1 unspecified atom stereocenters. The van der Waals surface area contributed by atoms with E-state index in [0.717, 1.165) is 12.1 Å². The second-order valence-electron chi connectivity index (χ2n) is 4.39. The Morgan fingerprint density at radius 2 is 1.62 bits per heavy atom. The highest BCUT2D eigenvalue weighted by Crippen LogP contribution is 2.28. The van der Waals surface area contributed by atoms with E-state index in [-0.39, 0.29) is 17.7 Å². The van der Waals surface area contributed by atoms with Crippen molar-refractivity contribution in [2.24, 2.45) is 0 Å². The number of non-ortho nitro benzene ring substituents is 1. The molecular formula is C14H9ClF3NO2. The van der Waals surface area contributed by atoms with Gasteiger partial charge in [-0.05, 0) is 29.7 Å². The molecule has 0 saturated heterocycles. The van der Waals surface area contributed by atoms with Gasteiger partial charge in [-0.2, -0.15) is 0 Å². The van der Waals surface area contributed by atoms with Crippen molar-refractivity contribution in [3.8, 4) is 0 Å². The minimum absolute atomic E-state index is 0.0660. The third-order valence-corrected chi connectivity index (χ3v) is 3.34. The van der Waals surface area contributed by atoms with Gasteiger partial charge < -0.3 is 0 Å². The van der Waals surface area contributed by atoms with Crippen molar-refractivity contribution in [2.75, 3.05) is 0 Å².